The molecule has 0 bridgehead atoms. The van der Waals surface area contributed by atoms with Gasteiger partial charge < -0.3 is 10.0 Å². The molecule has 1 N–H and O–H groups in total. The molecule has 1 aromatic carbocycles. The molecule has 35 heavy (non-hydrogen) atoms. The maximum atomic E-state index is 13.8. The molecular weight excluding hydrogens is 461 g/mol. The van der Waals surface area contributed by atoms with E-state index in [0.29, 0.717) is 42.3 Å². The van der Waals surface area contributed by atoms with Crippen molar-refractivity contribution in [1.82, 2.24) is 25.0 Å². The van der Waals surface area contributed by atoms with E-state index in [4.69, 9.17) is 11.4 Å². The van der Waals surface area contributed by atoms with Crippen LogP contribution in [0.15, 0.2) is 28.4 Å². The predicted molar refractivity (Wildman–Crippen MR) is 121 cm³/mol. The van der Waals surface area contributed by atoms with Gasteiger partial charge in [0.25, 0.3) is 0 Å². The van der Waals surface area contributed by atoms with Crippen LogP contribution in [0.3, 0.4) is 0 Å². The molecular formula is C23H23F3N8O. The molecule has 5 rings (SSSR count). The van der Waals surface area contributed by atoms with E-state index >= 15 is 0 Å². The molecule has 2 aromatic heterocycles. The highest BCUT2D eigenvalue weighted by atomic mass is 19.4. The Balaban J connectivity index is 1.62. The fourth-order valence-electron chi connectivity index (χ4n) is 4.18. The Morgan fingerprint density at radius 2 is 1.91 bits per heavy atom. The van der Waals surface area contributed by atoms with Crippen LogP contribution < -0.4 is 4.90 Å². The van der Waals surface area contributed by atoms with E-state index in [-0.39, 0.29) is 28.7 Å². The number of nitrogens with zero attached hydrogens (tertiary/aromatic N) is 8. The Labute approximate surface area is 199 Å². The molecule has 2 aliphatic rings. The zero-order valence-electron chi connectivity index (χ0n) is 19.4. The van der Waals surface area contributed by atoms with E-state index < -0.39 is 17.9 Å². The number of halogens is 3. The fraction of sp³-hybridized carbons (Fsp3) is 0.478. The number of β-amino-alcohol motifs (C(OH)–C–C–N with tert-alkyl or cyclic N) is 1. The number of aliphatic hydroxyl groups excluding tert-OH is 1. The minimum atomic E-state index is -4.70. The van der Waals surface area contributed by atoms with Crippen LogP contribution in [-0.2, 0) is 17.6 Å². The molecule has 1 atom stereocenters. The second-order valence-electron chi connectivity index (χ2n) is 9.76. The van der Waals surface area contributed by atoms with Crippen LogP contribution in [0.1, 0.15) is 49.7 Å². The lowest BCUT2D eigenvalue weighted by atomic mass is 9.93. The average molecular weight is 484 g/mol. The summed E-state index contributed by atoms with van der Waals surface area (Å²) in [6.07, 6.45) is 1.02. The van der Waals surface area contributed by atoms with E-state index in [2.05, 4.69) is 31.3 Å². The number of hydrogen-bond acceptors (Lipinski definition) is 8. The lowest BCUT2D eigenvalue weighted by molar-refractivity contribution is -0.166. The van der Waals surface area contributed by atoms with Gasteiger partial charge in [0.1, 0.15) is 5.82 Å². The standard InChI is InChI=1S/C23H23F3N8O/c1-5-13-7-6-8-16(22(31-32-22)23(24,25)26)15(13)12-34-29-17-18(30-34)27-20(21(2,3)4)28-19(17)33-10-9-14(35)11-33/h1,6-8,14,35H,9-12H2,2-4H3. The van der Waals surface area contributed by atoms with Gasteiger partial charge in [-0.2, -0.15) is 18.0 Å². The van der Waals surface area contributed by atoms with E-state index in [1.54, 1.807) is 6.07 Å². The first-order valence-corrected chi connectivity index (χ1v) is 11.1. The lowest BCUT2D eigenvalue weighted by Crippen LogP contribution is -2.32. The average Bonchev–Trinajstić information content (AvgIpc) is 3.34. The third kappa shape index (κ3) is 3.89. The van der Waals surface area contributed by atoms with E-state index in [1.165, 1.54) is 16.9 Å². The molecule has 0 radical (unpaired) electrons. The maximum Gasteiger partial charge on any atom is 0.442 e. The highest BCUT2D eigenvalue weighted by Crippen LogP contribution is 2.53. The number of alkyl halides is 3. The van der Waals surface area contributed by atoms with Crippen LogP contribution in [0.25, 0.3) is 11.2 Å². The van der Waals surface area contributed by atoms with Crippen LogP contribution in [-0.4, -0.2) is 55.4 Å². The number of rotatable bonds is 4. The maximum absolute atomic E-state index is 13.8. The van der Waals surface area contributed by atoms with Gasteiger partial charge in [-0.3, -0.25) is 0 Å². The Hall–Kier alpha value is -3.59. The summed E-state index contributed by atoms with van der Waals surface area (Å²) in [7, 11) is 0. The Morgan fingerprint density at radius 3 is 2.49 bits per heavy atom. The van der Waals surface area contributed by atoms with Crippen molar-refractivity contribution in [3.05, 3.63) is 40.7 Å². The second-order valence-corrected chi connectivity index (χ2v) is 9.76. The Kier molecular flexibility index (Phi) is 5.10. The van der Waals surface area contributed by atoms with Crippen molar-refractivity contribution < 1.29 is 18.3 Å². The Morgan fingerprint density at radius 1 is 1.17 bits per heavy atom. The summed E-state index contributed by atoms with van der Waals surface area (Å²) in [6, 6.07) is 4.33. The zero-order chi connectivity index (χ0) is 25.2. The number of benzene rings is 1. The van der Waals surface area contributed by atoms with Crippen LogP contribution >= 0.6 is 0 Å². The first kappa shape index (κ1) is 23.2. The van der Waals surface area contributed by atoms with Gasteiger partial charge >= 0.3 is 11.8 Å². The van der Waals surface area contributed by atoms with Crippen LogP contribution in [0.2, 0.25) is 0 Å². The SMILES string of the molecule is C#Cc1cccc(C2(C(F)(F)F)N=N2)c1Cn1nc2nc(C(C)(C)C)nc(N3CCC(O)C3)c2n1. The molecule has 182 valence electrons. The minimum absolute atomic E-state index is 0.137. The monoisotopic (exact) mass is 484 g/mol. The molecule has 1 saturated heterocycles. The van der Waals surface area contributed by atoms with Gasteiger partial charge in [0.05, 0.1) is 12.6 Å². The van der Waals surface area contributed by atoms with E-state index in [0.717, 1.165) is 0 Å². The van der Waals surface area contributed by atoms with Crippen molar-refractivity contribution in [2.45, 2.75) is 57.1 Å². The third-order valence-corrected chi connectivity index (χ3v) is 6.11. The molecule has 0 saturated carbocycles. The van der Waals surface area contributed by atoms with Crippen molar-refractivity contribution in [2.24, 2.45) is 10.2 Å². The molecule has 9 nitrogen and oxygen atoms in total. The van der Waals surface area contributed by atoms with Crippen LogP contribution in [0.4, 0.5) is 19.0 Å². The smallest absolute Gasteiger partial charge is 0.391 e. The molecule has 3 aromatic rings. The summed E-state index contributed by atoms with van der Waals surface area (Å²) in [5, 5.41) is 25.7. The van der Waals surface area contributed by atoms with Crippen molar-refractivity contribution in [3.8, 4) is 12.3 Å². The lowest BCUT2D eigenvalue weighted by Gasteiger charge is -2.21. The summed E-state index contributed by atoms with van der Waals surface area (Å²) in [4.78, 5) is 12.5. The normalized spacial score (nSPS) is 19.4. The second kappa shape index (κ2) is 7.71. The molecule has 4 heterocycles. The van der Waals surface area contributed by atoms with Crippen molar-refractivity contribution >= 4 is 17.0 Å². The van der Waals surface area contributed by atoms with Gasteiger partial charge in [-0.1, -0.05) is 38.8 Å². The molecule has 0 spiro atoms. The summed E-state index contributed by atoms with van der Waals surface area (Å²) in [6.45, 7) is 6.75. The Bertz CT molecular complexity index is 1380. The molecule has 1 fully saturated rings. The van der Waals surface area contributed by atoms with Gasteiger partial charge in [-0.15, -0.1) is 26.8 Å². The van der Waals surface area contributed by atoms with Gasteiger partial charge in [-0.25, -0.2) is 9.97 Å². The summed E-state index contributed by atoms with van der Waals surface area (Å²) >= 11 is 0. The predicted octanol–water partition coefficient (Wildman–Crippen LogP) is 3.30. The van der Waals surface area contributed by atoms with Crippen molar-refractivity contribution in [1.29, 1.82) is 0 Å². The van der Waals surface area contributed by atoms with Gasteiger partial charge in [0.15, 0.2) is 11.3 Å². The van der Waals surface area contributed by atoms with Gasteiger partial charge in [0.2, 0.25) is 5.65 Å². The summed E-state index contributed by atoms with van der Waals surface area (Å²) in [5.41, 5.74) is -1.97. The quantitative estimate of drug-likeness (QED) is 0.570. The van der Waals surface area contributed by atoms with Crippen molar-refractivity contribution in [3.63, 3.8) is 0 Å². The molecule has 1 unspecified atom stereocenters. The summed E-state index contributed by atoms with van der Waals surface area (Å²) in [5.74, 6) is 3.53. The molecule has 0 aliphatic carbocycles. The highest BCUT2D eigenvalue weighted by molar-refractivity contribution is 5.82. The number of terminal acetylenes is 1. The number of anilines is 1. The number of hydrogen-bond donors (Lipinski definition) is 1. The third-order valence-electron chi connectivity index (χ3n) is 6.11. The first-order chi connectivity index (χ1) is 16.4. The summed E-state index contributed by atoms with van der Waals surface area (Å²) < 4.78 is 41.4. The van der Waals surface area contributed by atoms with Crippen LogP contribution in [0, 0.1) is 12.3 Å². The number of fused-ring (bicyclic) bond motifs is 1. The van der Waals surface area contributed by atoms with E-state index in [1.807, 2.05) is 25.7 Å². The fourth-order valence-corrected chi connectivity index (χ4v) is 4.18. The van der Waals surface area contributed by atoms with Crippen molar-refractivity contribution in [2.75, 3.05) is 18.0 Å². The zero-order valence-corrected chi connectivity index (χ0v) is 19.4. The molecule has 12 heteroatoms. The topological polar surface area (TPSA) is 105 Å². The highest BCUT2D eigenvalue weighted by Gasteiger charge is 2.66. The largest absolute Gasteiger partial charge is 0.442 e. The number of aromatic nitrogens is 5. The van der Waals surface area contributed by atoms with E-state index in [9.17, 15) is 18.3 Å². The molecule has 2 aliphatic heterocycles. The number of aliphatic hydroxyl groups is 1. The van der Waals surface area contributed by atoms with Gasteiger partial charge in [-0.05, 0) is 18.1 Å². The van der Waals surface area contributed by atoms with Gasteiger partial charge in [0, 0.05) is 29.6 Å². The van der Waals surface area contributed by atoms with Crippen LogP contribution in [0.5, 0.6) is 0 Å². The first-order valence-electron chi connectivity index (χ1n) is 11.1. The molecule has 0 amide bonds. The minimum Gasteiger partial charge on any atom is -0.391 e.